The highest BCUT2D eigenvalue weighted by molar-refractivity contribution is 5.87. The van der Waals surface area contributed by atoms with Gasteiger partial charge in [0.25, 0.3) is 0 Å². The topological polar surface area (TPSA) is 41.9 Å². The maximum Gasteiger partial charge on any atom is 0.0740 e. The van der Waals surface area contributed by atoms with Crippen LogP contribution in [0.1, 0.15) is 31.9 Å². The standard InChI is InChI=1S/C21H24N4/c1-15-11-12-22-20-10-6-9-19(21(20)24-15)18-13-23-25(14-18)16(2)17-7-4-3-5-8-17/h3-10,13-16,22,24H,11-12H2,1-2H3. The number of benzene rings is 2. The third-order valence-electron chi connectivity index (χ3n) is 4.94. The first-order valence-electron chi connectivity index (χ1n) is 8.95. The predicted octanol–water partition coefficient (Wildman–Crippen LogP) is 4.78. The highest BCUT2D eigenvalue weighted by Gasteiger charge is 2.17. The average molecular weight is 332 g/mol. The van der Waals surface area contributed by atoms with Gasteiger partial charge in [-0.15, -0.1) is 0 Å². The van der Waals surface area contributed by atoms with E-state index >= 15 is 0 Å². The zero-order valence-electron chi connectivity index (χ0n) is 14.7. The summed E-state index contributed by atoms with van der Waals surface area (Å²) in [5.74, 6) is 0. The Balaban J connectivity index is 1.69. The summed E-state index contributed by atoms with van der Waals surface area (Å²) in [7, 11) is 0. The molecule has 1 aromatic heterocycles. The summed E-state index contributed by atoms with van der Waals surface area (Å²) in [5, 5.41) is 11.8. The number of nitrogens with one attached hydrogen (secondary N) is 2. The quantitative estimate of drug-likeness (QED) is 0.725. The van der Waals surface area contributed by atoms with Crippen molar-refractivity contribution in [3.05, 3.63) is 66.5 Å². The molecule has 128 valence electrons. The van der Waals surface area contributed by atoms with Gasteiger partial charge >= 0.3 is 0 Å². The molecule has 0 saturated heterocycles. The van der Waals surface area contributed by atoms with E-state index in [9.17, 15) is 0 Å². The summed E-state index contributed by atoms with van der Waals surface area (Å²) >= 11 is 0. The van der Waals surface area contributed by atoms with E-state index in [4.69, 9.17) is 0 Å². The lowest BCUT2D eigenvalue weighted by Crippen LogP contribution is -2.15. The molecule has 4 nitrogen and oxygen atoms in total. The normalized spacial score (nSPS) is 17.8. The molecule has 0 aliphatic carbocycles. The maximum absolute atomic E-state index is 4.63. The van der Waals surface area contributed by atoms with Crippen LogP contribution in [0.5, 0.6) is 0 Å². The highest BCUT2D eigenvalue weighted by Crippen LogP contribution is 2.36. The van der Waals surface area contributed by atoms with Gasteiger partial charge in [0.1, 0.15) is 0 Å². The number of aromatic nitrogens is 2. The fraction of sp³-hybridized carbons (Fsp3) is 0.286. The number of rotatable bonds is 3. The van der Waals surface area contributed by atoms with Crippen LogP contribution in [-0.2, 0) is 0 Å². The molecule has 2 heterocycles. The lowest BCUT2D eigenvalue weighted by atomic mass is 10.0. The number of para-hydroxylation sites is 1. The van der Waals surface area contributed by atoms with Crippen LogP contribution in [0.25, 0.3) is 11.1 Å². The van der Waals surface area contributed by atoms with E-state index in [0.717, 1.165) is 18.5 Å². The van der Waals surface area contributed by atoms with Crippen LogP contribution in [-0.4, -0.2) is 22.4 Å². The zero-order chi connectivity index (χ0) is 17.2. The average Bonchev–Trinajstić information content (AvgIpc) is 3.04. The third-order valence-corrected chi connectivity index (χ3v) is 4.94. The van der Waals surface area contributed by atoms with Crippen LogP contribution in [0.4, 0.5) is 11.4 Å². The third kappa shape index (κ3) is 3.12. The fourth-order valence-electron chi connectivity index (χ4n) is 3.41. The van der Waals surface area contributed by atoms with E-state index in [1.165, 1.54) is 22.5 Å². The molecule has 1 aliphatic rings. The van der Waals surface area contributed by atoms with Crippen LogP contribution in [0, 0.1) is 0 Å². The Morgan fingerprint density at radius 1 is 1.12 bits per heavy atom. The van der Waals surface area contributed by atoms with Gasteiger partial charge in [0.2, 0.25) is 0 Å². The monoisotopic (exact) mass is 332 g/mol. The SMILES string of the molecule is CC1CCNc2cccc(-c3cnn(C(C)c4ccccc4)c3)c2N1. The number of fused-ring (bicyclic) bond motifs is 1. The van der Waals surface area contributed by atoms with Crippen molar-refractivity contribution in [1.82, 2.24) is 9.78 Å². The first-order chi connectivity index (χ1) is 12.2. The van der Waals surface area contributed by atoms with Gasteiger partial charge in [0.15, 0.2) is 0 Å². The molecule has 25 heavy (non-hydrogen) atoms. The molecule has 2 N–H and O–H groups in total. The maximum atomic E-state index is 4.63. The van der Waals surface area contributed by atoms with Crippen molar-refractivity contribution in [3.8, 4) is 11.1 Å². The summed E-state index contributed by atoms with van der Waals surface area (Å²) in [6.07, 6.45) is 5.22. The number of hydrogen-bond donors (Lipinski definition) is 2. The summed E-state index contributed by atoms with van der Waals surface area (Å²) in [4.78, 5) is 0. The second-order valence-corrected chi connectivity index (χ2v) is 6.78. The molecule has 0 bridgehead atoms. The van der Waals surface area contributed by atoms with E-state index in [1.807, 2.05) is 16.9 Å². The zero-order valence-corrected chi connectivity index (χ0v) is 14.7. The minimum Gasteiger partial charge on any atom is -0.383 e. The van der Waals surface area contributed by atoms with E-state index < -0.39 is 0 Å². The minimum atomic E-state index is 0.210. The molecule has 0 saturated carbocycles. The molecule has 4 rings (SSSR count). The summed E-state index contributed by atoms with van der Waals surface area (Å²) in [6, 6.07) is 17.6. The summed E-state index contributed by atoms with van der Waals surface area (Å²) < 4.78 is 2.04. The van der Waals surface area contributed by atoms with Gasteiger partial charge in [0.05, 0.1) is 23.6 Å². The Morgan fingerprint density at radius 3 is 2.80 bits per heavy atom. The van der Waals surface area contributed by atoms with Gasteiger partial charge < -0.3 is 10.6 Å². The largest absolute Gasteiger partial charge is 0.383 e. The van der Waals surface area contributed by atoms with Crippen molar-refractivity contribution in [1.29, 1.82) is 0 Å². The molecule has 3 aromatic rings. The molecule has 0 fully saturated rings. The lowest BCUT2D eigenvalue weighted by molar-refractivity contribution is 0.565. The van der Waals surface area contributed by atoms with Gasteiger partial charge in [-0.2, -0.15) is 5.10 Å². The van der Waals surface area contributed by atoms with E-state index in [1.54, 1.807) is 0 Å². The molecular weight excluding hydrogens is 308 g/mol. The first kappa shape index (κ1) is 15.8. The smallest absolute Gasteiger partial charge is 0.0740 e. The van der Waals surface area contributed by atoms with Crippen molar-refractivity contribution in [2.75, 3.05) is 17.2 Å². The van der Waals surface area contributed by atoms with Crippen molar-refractivity contribution in [3.63, 3.8) is 0 Å². The van der Waals surface area contributed by atoms with Crippen LogP contribution in [0.15, 0.2) is 60.9 Å². The van der Waals surface area contributed by atoms with Crippen LogP contribution in [0.3, 0.4) is 0 Å². The summed E-state index contributed by atoms with van der Waals surface area (Å²) in [6.45, 7) is 5.41. The van der Waals surface area contributed by atoms with Gasteiger partial charge in [0, 0.05) is 29.9 Å². The molecule has 0 amide bonds. The number of nitrogens with zero attached hydrogens (tertiary/aromatic N) is 2. The highest BCUT2D eigenvalue weighted by atomic mass is 15.3. The Kier molecular flexibility index (Phi) is 4.18. The molecule has 1 aliphatic heterocycles. The van der Waals surface area contributed by atoms with E-state index in [2.05, 4.69) is 78.2 Å². The van der Waals surface area contributed by atoms with Crippen molar-refractivity contribution in [2.45, 2.75) is 32.4 Å². The molecule has 2 aromatic carbocycles. The second-order valence-electron chi connectivity index (χ2n) is 6.78. The lowest BCUT2D eigenvalue weighted by Gasteiger charge is -2.16. The van der Waals surface area contributed by atoms with E-state index in [-0.39, 0.29) is 6.04 Å². The predicted molar refractivity (Wildman–Crippen MR) is 104 cm³/mol. The van der Waals surface area contributed by atoms with Gasteiger partial charge in [-0.3, -0.25) is 4.68 Å². The molecule has 4 heteroatoms. The number of anilines is 2. The Morgan fingerprint density at radius 2 is 1.96 bits per heavy atom. The number of hydrogen-bond acceptors (Lipinski definition) is 3. The van der Waals surface area contributed by atoms with Crippen molar-refractivity contribution < 1.29 is 0 Å². The van der Waals surface area contributed by atoms with E-state index in [0.29, 0.717) is 6.04 Å². The molecule has 0 spiro atoms. The van der Waals surface area contributed by atoms with Crippen LogP contribution >= 0.6 is 0 Å². The van der Waals surface area contributed by atoms with Crippen LogP contribution in [0.2, 0.25) is 0 Å². The van der Waals surface area contributed by atoms with Crippen molar-refractivity contribution >= 4 is 11.4 Å². The fourth-order valence-corrected chi connectivity index (χ4v) is 3.41. The van der Waals surface area contributed by atoms with Gasteiger partial charge in [-0.05, 0) is 31.9 Å². The molecule has 2 atom stereocenters. The summed E-state index contributed by atoms with van der Waals surface area (Å²) in [5.41, 5.74) is 5.95. The second kappa shape index (κ2) is 6.63. The molecular formula is C21H24N4. The van der Waals surface area contributed by atoms with Gasteiger partial charge in [-0.1, -0.05) is 42.5 Å². The first-order valence-corrected chi connectivity index (χ1v) is 8.95. The van der Waals surface area contributed by atoms with Gasteiger partial charge in [-0.25, -0.2) is 0 Å². The Bertz CT molecular complexity index is 853. The van der Waals surface area contributed by atoms with Crippen molar-refractivity contribution in [2.24, 2.45) is 0 Å². The molecule has 0 radical (unpaired) electrons. The minimum absolute atomic E-state index is 0.210. The Hall–Kier alpha value is -2.75. The van der Waals surface area contributed by atoms with Crippen LogP contribution < -0.4 is 10.6 Å². The molecule has 2 unspecified atom stereocenters. The Labute approximate surface area is 148 Å².